The second kappa shape index (κ2) is 6.38. The zero-order valence-corrected chi connectivity index (χ0v) is 13.2. The number of benzene rings is 1. The lowest BCUT2D eigenvalue weighted by molar-refractivity contribution is 0.102. The van der Waals surface area contributed by atoms with Crippen molar-refractivity contribution >= 4 is 44.9 Å². The molecule has 0 fully saturated rings. The first-order valence-electron chi connectivity index (χ1n) is 5.82. The van der Waals surface area contributed by atoms with Gasteiger partial charge in [0.15, 0.2) is 0 Å². The summed E-state index contributed by atoms with van der Waals surface area (Å²) in [5.74, 6) is 4.72. The van der Waals surface area contributed by atoms with Crippen molar-refractivity contribution in [2.75, 3.05) is 10.7 Å². The molecule has 0 radical (unpaired) electrons. The Kier molecular flexibility index (Phi) is 4.76. The van der Waals surface area contributed by atoms with Gasteiger partial charge in [-0.2, -0.15) is 0 Å². The third-order valence-electron chi connectivity index (χ3n) is 2.72. The van der Waals surface area contributed by atoms with Gasteiger partial charge >= 0.3 is 0 Å². The predicted octanol–water partition coefficient (Wildman–Crippen LogP) is 3.48. The molecule has 1 aromatic carbocycles. The van der Waals surface area contributed by atoms with Crippen LogP contribution in [-0.4, -0.2) is 10.9 Å². The molecule has 0 spiro atoms. The molecule has 2 aromatic rings. The van der Waals surface area contributed by atoms with Gasteiger partial charge in [-0.3, -0.25) is 4.79 Å². The van der Waals surface area contributed by atoms with E-state index in [0.717, 1.165) is 0 Å². The lowest BCUT2D eigenvalue weighted by Gasteiger charge is -2.10. The second-order valence-electron chi connectivity index (χ2n) is 4.24. The van der Waals surface area contributed by atoms with Crippen molar-refractivity contribution in [3.8, 4) is 0 Å². The monoisotopic (exact) mass is 372 g/mol. The molecule has 2 rings (SSSR count). The number of nitrogens with one attached hydrogen (secondary N) is 2. The van der Waals surface area contributed by atoms with Gasteiger partial charge in [-0.25, -0.2) is 15.2 Å². The summed E-state index contributed by atoms with van der Waals surface area (Å²) >= 11 is 8.89. The molecule has 1 amide bonds. The number of hydrazine groups is 1. The molecule has 0 atom stereocenters. The van der Waals surface area contributed by atoms with E-state index in [4.69, 9.17) is 17.4 Å². The Hall–Kier alpha value is -1.70. The fourth-order valence-electron chi connectivity index (χ4n) is 1.68. The molecule has 1 aromatic heterocycles. The van der Waals surface area contributed by atoms with E-state index in [-0.39, 0.29) is 21.0 Å². The quantitative estimate of drug-likeness (QED) is 0.437. The zero-order valence-electron chi connectivity index (χ0n) is 10.9. The summed E-state index contributed by atoms with van der Waals surface area (Å²) in [6.07, 6.45) is 0. The molecule has 110 valence electrons. The van der Waals surface area contributed by atoms with E-state index >= 15 is 0 Å². The number of hydrogen-bond donors (Lipinski definition) is 3. The van der Waals surface area contributed by atoms with Crippen molar-refractivity contribution in [2.24, 2.45) is 5.84 Å². The fourth-order valence-corrected chi connectivity index (χ4v) is 2.23. The second-order valence-corrected chi connectivity index (χ2v) is 5.49. The maximum Gasteiger partial charge on any atom is 0.255 e. The van der Waals surface area contributed by atoms with Crippen LogP contribution in [0.15, 0.2) is 28.7 Å². The molecule has 8 heteroatoms. The van der Waals surface area contributed by atoms with Crippen LogP contribution >= 0.6 is 27.5 Å². The summed E-state index contributed by atoms with van der Waals surface area (Å²) in [5, 5.41) is 2.81. The molecule has 0 unspecified atom stereocenters. The third kappa shape index (κ3) is 3.69. The van der Waals surface area contributed by atoms with Crippen LogP contribution in [0.1, 0.15) is 15.9 Å². The fraction of sp³-hybridized carbons (Fsp3) is 0.0769. The Balaban J connectivity index is 2.30. The predicted molar refractivity (Wildman–Crippen MR) is 83.8 cm³/mol. The number of nitrogen functional groups attached to an aromatic ring is 1. The van der Waals surface area contributed by atoms with Gasteiger partial charge in [-0.1, -0.05) is 11.6 Å². The minimum Gasteiger partial charge on any atom is -0.322 e. The highest BCUT2D eigenvalue weighted by molar-refractivity contribution is 9.10. The van der Waals surface area contributed by atoms with E-state index in [0.29, 0.717) is 11.3 Å². The van der Waals surface area contributed by atoms with Gasteiger partial charge < -0.3 is 10.7 Å². The lowest BCUT2D eigenvalue weighted by atomic mass is 10.1. The normalized spacial score (nSPS) is 10.3. The minimum absolute atomic E-state index is 0.132. The Bertz CT molecular complexity index is 711. The Morgan fingerprint density at radius 3 is 2.76 bits per heavy atom. The molecular weight excluding hydrogens is 363 g/mol. The Morgan fingerprint density at radius 2 is 2.10 bits per heavy atom. The number of aromatic nitrogens is 1. The van der Waals surface area contributed by atoms with Crippen molar-refractivity contribution in [1.29, 1.82) is 0 Å². The van der Waals surface area contributed by atoms with Crippen molar-refractivity contribution in [1.82, 2.24) is 4.98 Å². The SMILES string of the molecule is Cc1cc(F)c(Br)cc1NC(=O)c1cc(Cl)nc(NN)c1. The van der Waals surface area contributed by atoms with Crippen molar-refractivity contribution < 1.29 is 9.18 Å². The van der Waals surface area contributed by atoms with Crippen LogP contribution in [0.4, 0.5) is 15.9 Å². The van der Waals surface area contributed by atoms with Gasteiger partial charge in [0.1, 0.15) is 16.8 Å². The molecule has 0 aliphatic carbocycles. The van der Waals surface area contributed by atoms with Gasteiger partial charge in [0.25, 0.3) is 5.91 Å². The van der Waals surface area contributed by atoms with Crippen LogP contribution in [0.25, 0.3) is 0 Å². The maximum absolute atomic E-state index is 13.4. The lowest BCUT2D eigenvalue weighted by Crippen LogP contribution is -2.15. The van der Waals surface area contributed by atoms with Crippen LogP contribution in [0.2, 0.25) is 5.15 Å². The summed E-state index contributed by atoms with van der Waals surface area (Å²) in [6, 6.07) is 5.68. The molecule has 0 aliphatic heterocycles. The standard InChI is InChI=1S/C13H11BrClFN4O/c1-6-2-9(16)8(14)5-10(6)18-13(21)7-3-11(15)19-12(4-7)20-17/h2-5H,17H2,1H3,(H,18,21)(H,19,20). The number of hydrogen-bond acceptors (Lipinski definition) is 4. The van der Waals surface area contributed by atoms with Gasteiger partial charge in [0, 0.05) is 11.3 Å². The van der Waals surface area contributed by atoms with E-state index in [2.05, 4.69) is 31.7 Å². The first-order valence-corrected chi connectivity index (χ1v) is 6.99. The van der Waals surface area contributed by atoms with Gasteiger partial charge in [0.2, 0.25) is 0 Å². The smallest absolute Gasteiger partial charge is 0.255 e. The van der Waals surface area contributed by atoms with Crippen LogP contribution in [0.3, 0.4) is 0 Å². The number of carbonyl (C=O) groups is 1. The summed E-state index contributed by atoms with van der Waals surface area (Å²) in [6.45, 7) is 1.69. The summed E-state index contributed by atoms with van der Waals surface area (Å²) in [5.41, 5.74) is 3.69. The number of rotatable bonds is 3. The van der Waals surface area contributed by atoms with Crippen LogP contribution in [-0.2, 0) is 0 Å². The molecule has 21 heavy (non-hydrogen) atoms. The van der Waals surface area contributed by atoms with Gasteiger partial charge in [-0.05, 0) is 52.7 Å². The van der Waals surface area contributed by atoms with Crippen LogP contribution in [0, 0.1) is 12.7 Å². The van der Waals surface area contributed by atoms with E-state index in [1.54, 1.807) is 6.92 Å². The highest BCUT2D eigenvalue weighted by atomic mass is 79.9. The third-order valence-corrected chi connectivity index (χ3v) is 3.52. The average molecular weight is 374 g/mol. The average Bonchev–Trinajstić information content (AvgIpc) is 2.43. The number of halogens is 3. The van der Waals surface area contributed by atoms with E-state index < -0.39 is 11.7 Å². The first kappa shape index (κ1) is 15.7. The molecule has 0 bridgehead atoms. The topological polar surface area (TPSA) is 80.0 Å². The van der Waals surface area contributed by atoms with Crippen molar-refractivity contribution in [3.63, 3.8) is 0 Å². The molecule has 0 saturated carbocycles. The van der Waals surface area contributed by atoms with Gasteiger partial charge in [0.05, 0.1) is 4.47 Å². The summed E-state index contributed by atoms with van der Waals surface area (Å²) < 4.78 is 13.6. The summed E-state index contributed by atoms with van der Waals surface area (Å²) in [4.78, 5) is 16.1. The van der Waals surface area contributed by atoms with Crippen molar-refractivity contribution in [2.45, 2.75) is 6.92 Å². The zero-order chi connectivity index (χ0) is 15.6. The van der Waals surface area contributed by atoms with Crippen molar-refractivity contribution in [3.05, 3.63) is 50.8 Å². The van der Waals surface area contributed by atoms with E-state index in [1.165, 1.54) is 24.3 Å². The molecule has 4 N–H and O–H groups in total. The number of aryl methyl sites for hydroxylation is 1. The maximum atomic E-state index is 13.4. The number of nitrogens with zero attached hydrogens (tertiary/aromatic N) is 1. The minimum atomic E-state index is -0.405. The van der Waals surface area contributed by atoms with Crippen LogP contribution in [0.5, 0.6) is 0 Å². The molecule has 0 aliphatic rings. The van der Waals surface area contributed by atoms with E-state index in [9.17, 15) is 9.18 Å². The summed E-state index contributed by atoms with van der Waals surface area (Å²) in [7, 11) is 0. The Labute approximate surface area is 133 Å². The number of amides is 1. The first-order chi connectivity index (χ1) is 9.90. The molecule has 0 saturated heterocycles. The molecule has 5 nitrogen and oxygen atoms in total. The Morgan fingerprint density at radius 1 is 1.38 bits per heavy atom. The number of anilines is 2. The molecular formula is C13H11BrClFN4O. The largest absolute Gasteiger partial charge is 0.322 e. The van der Waals surface area contributed by atoms with E-state index in [1.807, 2.05) is 0 Å². The van der Waals surface area contributed by atoms with Crippen LogP contribution < -0.4 is 16.6 Å². The highest BCUT2D eigenvalue weighted by Crippen LogP contribution is 2.25. The number of nitrogens with two attached hydrogens (primary N) is 1. The molecule has 1 heterocycles. The highest BCUT2D eigenvalue weighted by Gasteiger charge is 2.12. The number of carbonyl (C=O) groups excluding carboxylic acids is 1. The van der Waals surface area contributed by atoms with Gasteiger partial charge in [-0.15, -0.1) is 0 Å². The number of pyridine rings is 1.